The minimum atomic E-state index is -4.40. The van der Waals surface area contributed by atoms with Gasteiger partial charge in [-0.1, -0.05) is 6.07 Å². The number of alkyl halides is 3. The van der Waals surface area contributed by atoms with Gasteiger partial charge in [0.05, 0.1) is 12.2 Å². The molecule has 1 unspecified atom stereocenters. The SMILES string of the molecule is CN1CCOC(C(=O)N2CCc3c2cccc3C(F)(F)F)C1. The zero-order valence-electron chi connectivity index (χ0n) is 12.2. The molecule has 1 aromatic rings. The van der Waals surface area contributed by atoms with E-state index in [2.05, 4.69) is 0 Å². The lowest BCUT2D eigenvalue weighted by Crippen LogP contribution is -2.49. The van der Waals surface area contributed by atoms with Crippen LogP contribution in [0, 0.1) is 0 Å². The van der Waals surface area contributed by atoms with Crippen LogP contribution in [0.5, 0.6) is 0 Å². The molecule has 0 bridgehead atoms. The van der Waals surface area contributed by atoms with Gasteiger partial charge < -0.3 is 14.5 Å². The molecule has 1 saturated heterocycles. The number of amides is 1. The van der Waals surface area contributed by atoms with Gasteiger partial charge in [-0.3, -0.25) is 4.79 Å². The molecule has 0 aromatic heterocycles. The molecular formula is C15H17F3N2O2. The van der Waals surface area contributed by atoms with Crippen molar-refractivity contribution in [2.75, 3.05) is 38.2 Å². The van der Waals surface area contributed by atoms with Crippen molar-refractivity contribution in [3.8, 4) is 0 Å². The molecule has 7 heteroatoms. The van der Waals surface area contributed by atoms with E-state index in [-0.39, 0.29) is 24.4 Å². The van der Waals surface area contributed by atoms with E-state index in [1.54, 1.807) is 6.07 Å². The van der Waals surface area contributed by atoms with E-state index in [1.165, 1.54) is 11.0 Å². The van der Waals surface area contributed by atoms with Gasteiger partial charge in [0.15, 0.2) is 0 Å². The van der Waals surface area contributed by atoms with Crippen LogP contribution >= 0.6 is 0 Å². The van der Waals surface area contributed by atoms with Crippen molar-refractivity contribution in [3.63, 3.8) is 0 Å². The number of ether oxygens (including phenoxy) is 1. The van der Waals surface area contributed by atoms with Crippen LogP contribution in [0.1, 0.15) is 11.1 Å². The van der Waals surface area contributed by atoms with E-state index in [0.29, 0.717) is 18.8 Å². The number of hydrogen-bond donors (Lipinski definition) is 0. The largest absolute Gasteiger partial charge is 0.416 e. The lowest BCUT2D eigenvalue weighted by Gasteiger charge is -2.31. The maximum absolute atomic E-state index is 13.0. The fourth-order valence-electron chi connectivity index (χ4n) is 3.03. The van der Waals surface area contributed by atoms with Crippen LogP contribution in [0.4, 0.5) is 18.9 Å². The molecule has 22 heavy (non-hydrogen) atoms. The maximum Gasteiger partial charge on any atom is 0.416 e. The summed E-state index contributed by atoms with van der Waals surface area (Å²) in [5.74, 6) is -0.260. The second kappa shape index (κ2) is 5.55. The Morgan fingerprint density at radius 1 is 1.32 bits per heavy atom. The smallest absolute Gasteiger partial charge is 0.366 e. The Morgan fingerprint density at radius 3 is 2.77 bits per heavy atom. The standard InChI is InChI=1S/C15H17F3N2O2/c1-19-7-8-22-13(9-19)14(21)20-6-5-10-11(15(16,17)18)3-2-4-12(10)20/h2-4,13H,5-9H2,1H3. The maximum atomic E-state index is 13.0. The minimum absolute atomic E-state index is 0.201. The number of nitrogens with zero attached hydrogens (tertiary/aromatic N) is 2. The number of fused-ring (bicyclic) bond motifs is 1. The van der Waals surface area contributed by atoms with Crippen molar-refractivity contribution < 1.29 is 22.7 Å². The first kappa shape index (κ1) is 15.3. The number of carbonyl (C=O) groups excluding carboxylic acids is 1. The quantitative estimate of drug-likeness (QED) is 0.794. The van der Waals surface area contributed by atoms with Crippen molar-refractivity contribution in [1.29, 1.82) is 0 Å². The summed E-state index contributed by atoms with van der Waals surface area (Å²) >= 11 is 0. The summed E-state index contributed by atoms with van der Waals surface area (Å²) in [4.78, 5) is 16.0. The third-order valence-electron chi connectivity index (χ3n) is 4.14. The Balaban J connectivity index is 1.87. The van der Waals surface area contributed by atoms with Gasteiger partial charge in [0, 0.05) is 25.3 Å². The van der Waals surface area contributed by atoms with Crippen LogP contribution in [-0.2, 0) is 22.1 Å². The first-order chi connectivity index (χ1) is 10.4. The highest BCUT2D eigenvalue weighted by molar-refractivity contribution is 5.98. The number of halogens is 3. The van der Waals surface area contributed by atoms with Gasteiger partial charge in [-0.2, -0.15) is 13.2 Å². The number of rotatable bonds is 1. The Kier molecular flexibility index (Phi) is 3.86. The monoisotopic (exact) mass is 314 g/mol. The summed E-state index contributed by atoms with van der Waals surface area (Å²) in [6, 6.07) is 3.99. The molecule has 0 N–H and O–H groups in total. The summed E-state index contributed by atoms with van der Waals surface area (Å²) in [5, 5.41) is 0. The molecular weight excluding hydrogens is 297 g/mol. The van der Waals surface area contributed by atoms with Crippen LogP contribution < -0.4 is 4.90 Å². The van der Waals surface area contributed by atoms with Crippen LogP contribution in [-0.4, -0.2) is 50.2 Å². The molecule has 120 valence electrons. The first-order valence-electron chi connectivity index (χ1n) is 7.18. The number of morpholine rings is 1. The predicted molar refractivity (Wildman–Crippen MR) is 74.7 cm³/mol. The molecule has 4 nitrogen and oxygen atoms in total. The molecule has 3 rings (SSSR count). The zero-order valence-corrected chi connectivity index (χ0v) is 12.2. The van der Waals surface area contributed by atoms with E-state index in [4.69, 9.17) is 4.74 Å². The summed E-state index contributed by atoms with van der Waals surface area (Å²) in [5.41, 5.74) is -0.0915. The normalized spacial score (nSPS) is 22.7. The van der Waals surface area contributed by atoms with E-state index in [1.807, 2.05) is 11.9 Å². The molecule has 2 aliphatic rings. The highest BCUT2D eigenvalue weighted by Gasteiger charge is 2.39. The van der Waals surface area contributed by atoms with Gasteiger partial charge in [-0.05, 0) is 31.2 Å². The van der Waals surface area contributed by atoms with Gasteiger partial charge in [0.1, 0.15) is 6.10 Å². The third-order valence-corrected chi connectivity index (χ3v) is 4.14. The van der Waals surface area contributed by atoms with Crippen LogP contribution in [0.15, 0.2) is 18.2 Å². The van der Waals surface area contributed by atoms with Gasteiger partial charge in [-0.15, -0.1) is 0 Å². The molecule has 1 amide bonds. The highest BCUT2D eigenvalue weighted by atomic mass is 19.4. The summed E-state index contributed by atoms with van der Waals surface area (Å²) in [7, 11) is 1.89. The van der Waals surface area contributed by atoms with Crippen molar-refractivity contribution in [2.45, 2.75) is 18.7 Å². The zero-order chi connectivity index (χ0) is 15.9. The van der Waals surface area contributed by atoms with Gasteiger partial charge >= 0.3 is 6.18 Å². The summed E-state index contributed by atoms with van der Waals surface area (Å²) in [6.45, 7) is 1.93. The third kappa shape index (κ3) is 2.70. The number of hydrogen-bond acceptors (Lipinski definition) is 3. The summed E-state index contributed by atoms with van der Waals surface area (Å²) in [6.07, 6.45) is -4.79. The first-order valence-corrected chi connectivity index (χ1v) is 7.18. The van der Waals surface area contributed by atoms with Gasteiger partial charge in [0.2, 0.25) is 0 Å². The van der Waals surface area contributed by atoms with Gasteiger partial charge in [-0.25, -0.2) is 0 Å². The van der Waals surface area contributed by atoms with Crippen molar-refractivity contribution in [2.24, 2.45) is 0 Å². The van der Waals surface area contributed by atoms with E-state index in [0.717, 1.165) is 12.6 Å². The van der Waals surface area contributed by atoms with Crippen molar-refractivity contribution in [3.05, 3.63) is 29.3 Å². The molecule has 0 spiro atoms. The Hall–Kier alpha value is -1.60. The molecule has 0 radical (unpaired) electrons. The predicted octanol–water partition coefficient (Wildman–Crippen LogP) is 1.93. The Bertz CT molecular complexity index is 589. The molecule has 0 saturated carbocycles. The van der Waals surface area contributed by atoms with Crippen molar-refractivity contribution in [1.82, 2.24) is 4.90 Å². The average Bonchev–Trinajstić information content (AvgIpc) is 2.89. The Labute approximate surface area is 126 Å². The molecule has 1 fully saturated rings. The van der Waals surface area contributed by atoms with Crippen molar-refractivity contribution >= 4 is 11.6 Å². The Morgan fingerprint density at radius 2 is 2.09 bits per heavy atom. The fourth-order valence-corrected chi connectivity index (χ4v) is 3.03. The number of benzene rings is 1. The van der Waals surface area contributed by atoms with Gasteiger partial charge in [0.25, 0.3) is 5.91 Å². The fraction of sp³-hybridized carbons (Fsp3) is 0.533. The second-order valence-corrected chi connectivity index (χ2v) is 5.66. The molecule has 2 heterocycles. The van der Waals surface area contributed by atoms with Crippen LogP contribution in [0.25, 0.3) is 0 Å². The molecule has 1 aromatic carbocycles. The average molecular weight is 314 g/mol. The summed E-state index contributed by atoms with van der Waals surface area (Å²) < 4.78 is 44.6. The highest BCUT2D eigenvalue weighted by Crippen LogP contribution is 2.39. The van der Waals surface area contributed by atoms with E-state index >= 15 is 0 Å². The lowest BCUT2D eigenvalue weighted by molar-refractivity contribution is -0.138. The molecule has 1 atom stereocenters. The lowest BCUT2D eigenvalue weighted by atomic mass is 10.0. The van der Waals surface area contributed by atoms with E-state index in [9.17, 15) is 18.0 Å². The van der Waals surface area contributed by atoms with Crippen LogP contribution in [0.2, 0.25) is 0 Å². The number of carbonyl (C=O) groups is 1. The van der Waals surface area contributed by atoms with E-state index < -0.39 is 17.8 Å². The topological polar surface area (TPSA) is 32.8 Å². The number of likely N-dealkylation sites (N-methyl/N-ethyl adjacent to an activating group) is 1. The second-order valence-electron chi connectivity index (χ2n) is 5.66. The molecule has 0 aliphatic carbocycles. The molecule has 2 aliphatic heterocycles. The number of anilines is 1. The van der Waals surface area contributed by atoms with Crippen LogP contribution in [0.3, 0.4) is 0 Å². The minimum Gasteiger partial charge on any atom is -0.366 e.